The lowest BCUT2D eigenvalue weighted by molar-refractivity contribution is -0.133. The monoisotopic (exact) mass is 798 g/mol. The largest absolute Gasteiger partial charge is 0.504 e. The second-order valence-electron chi connectivity index (χ2n) is 12.5. The van der Waals surface area contributed by atoms with Crippen LogP contribution < -0.4 is 21.3 Å². The van der Waals surface area contributed by atoms with Gasteiger partial charge in [-0.05, 0) is 84.3 Å². The van der Waals surface area contributed by atoms with Crippen LogP contribution in [0.25, 0.3) is 21.5 Å². The Morgan fingerprint density at radius 2 is 0.857 bits per heavy atom. The van der Waals surface area contributed by atoms with Gasteiger partial charge in [0.15, 0.2) is 11.5 Å². The van der Waals surface area contributed by atoms with Crippen molar-refractivity contribution < 1.29 is 55.3 Å². The van der Waals surface area contributed by atoms with Crippen molar-refractivity contribution in [3.63, 3.8) is 0 Å². The number of anilines is 4. The van der Waals surface area contributed by atoms with Gasteiger partial charge in [0.2, 0.25) is 0 Å². The van der Waals surface area contributed by atoms with Crippen molar-refractivity contribution in [2.45, 2.75) is 23.6 Å². The number of phenols is 2. The Hall–Kier alpha value is -6.86. The molecule has 18 heteroatoms. The lowest BCUT2D eigenvalue weighted by atomic mass is 10.1. The van der Waals surface area contributed by atoms with Gasteiger partial charge in [0.1, 0.15) is 9.79 Å². The summed E-state index contributed by atoms with van der Waals surface area (Å²) < 4.78 is 66.8. The molecule has 6 aromatic carbocycles. The zero-order chi connectivity index (χ0) is 40.7. The van der Waals surface area contributed by atoms with Gasteiger partial charge in [-0.15, -0.1) is 0 Å². The number of carbonyl (C=O) groups is 4. The molecule has 0 bridgehead atoms. The van der Waals surface area contributed by atoms with Gasteiger partial charge >= 0.3 is 11.8 Å². The Balaban J connectivity index is 1.14. The molecule has 0 aliphatic rings. The second-order valence-corrected chi connectivity index (χ2v) is 15.2. The van der Waals surface area contributed by atoms with E-state index in [0.717, 1.165) is 12.1 Å². The van der Waals surface area contributed by atoms with Gasteiger partial charge in [0, 0.05) is 33.3 Å². The van der Waals surface area contributed by atoms with Crippen molar-refractivity contribution in [3.05, 3.63) is 119 Å². The Morgan fingerprint density at radius 1 is 0.500 bits per heavy atom. The number of nitrogens with one attached hydrogen (secondary N) is 4. The number of hydrogen-bond acceptors (Lipinski definition) is 10. The molecule has 0 saturated heterocycles. The van der Waals surface area contributed by atoms with Crippen LogP contribution in [0.3, 0.4) is 0 Å². The fourth-order valence-corrected chi connectivity index (χ4v) is 7.13. The molecule has 0 radical (unpaired) electrons. The van der Waals surface area contributed by atoms with Gasteiger partial charge in [-0.2, -0.15) is 16.8 Å². The minimum atomic E-state index is -4.85. The Labute approximate surface area is 318 Å². The number of amides is 4. The summed E-state index contributed by atoms with van der Waals surface area (Å²) in [4.78, 5) is 50.6. The van der Waals surface area contributed by atoms with Crippen molar-refractivity contribution in [2.24, 2.45) is 0 Å². The summed E-state index contributed by atoms with van der Waals surface area (Å²) in [6.45, 7) is 3.09. The highest BCUT2D eigenvalue weighted by Crippen LogP contribution is 2.40. The van der Waals surface area contributed by atoms with Crippen molar-refractivity contribution in [3.8, 4) is 11.5 Å². The van der Waals surface area contributed by atoms with Gasteiger partial charge in [-0.25, -0.2) is 0 Å². The third kappa shape index (κ3) is 7.84. The smallest absolute Gasteiger partial charge is 0.314 e. The molecule has 6 rings (SSSR count). The van der Waals surface area contributed by atoms with Gasteiger partial charge in [0.25, 0.3) is 32.1 Å². The molecule has 0 fully saturated rings. The van der Waals surface area contributed by atoms with Crippen LogP contribution in [-0.4, -0.2) is 59.8 Å². The van der Waals surface area contributed by atoms with E-state index < -0.39 is 65.2 Å². The highest BCUT2D eigenvalue weighted by molar-refractivity contribution is 7.86. The molecular weight excluding hydrogens is 769 g/mol. The molecule has 0 atom stereocenters. The quantitative estimate of drug-likeness (QED) is 0.0532. The number of carbonyl (C=O) groups excluding carboxylic acids is 4. The Kier molecular flexibility index (Phi) is 10.2. The molecule has 286 valence electrons. The maximum Gasteiger partial charge on any atom is 0.314 e. The predicted molar refractivity (Wildman–Crippen MR) is 206 cm³/mol. The third-order valence-corrected chi connectivity index (χ3v) is 10.4. The molecule has 0 heterocycles. The van der Waals surface area contributed by atoms with Crippen molar-refractivity contribution >= 4 is 88.2 Å². The fourth-order valence-electron chi connectivity index (χ4n) is 5.89. The number of fused-ring (bicyclic) bond motifs is 2. The third-order valence-electron chi connectivity index (χ3n) is 8.69. The molecule has 16 nitrogen and oxygen atoms in total. The summed E-state index contributed by atoms with van der Waals surface area (Å²) in [5.41, 5.74) is 0.616. The number of aromatic hydroxyl groups is 2. The van der Waals surface area contributed by atoms with Crippen LogP contribution in [0.1, 0.15) is 31.8 Å². The maximum atomic E-state index is 13.2. The molecule has 0 unspecified atom stereocenters. The van der Waals surface area contributed by atoms with Crippen LogP contribution in [0.5, 0.6) is 11.5 Å². The first-order valence-electron chi connectivity index (χ1n) is 16.2. The van der Waals surface area contributed by atoms with Gasteiger partial charge in [0.05, 0.1) is 11.4 Å². The molecule has 0 saturated carbocycles. The van der Waals surface area contributed by atoms with E-state index in [-0.39, 0.29) is 33.9 Å². The zero-order valence-corrected chi connectivity index (χ0v) is 30.7. The zero-order valence-electron chi connectivity index (χ0n) is 29.1. The first-order chi connectivity index (χ1) is 26.3. The summed E-state index contributed by atoms with van der Waals surface area (Å²) in [5.74, 6) is -5.41. The van der Waals surface area contributed by atoms with Crippen LogP contribution >= 0.6 is 0 Å². The Bertz CT molecular complexity index is 2700. The first-order valence-corrected chi connectivity index (χ1v) is 19.1. The van der Waals surface area contributed by atoms with Crippen LogP contribution in [-0.2, 0) is 29.8 Å². The van der Waals surface area contributed by atoms with Crippen molar-refractivity contribution in [1.29, 1.82) is 0 Å². The van der Waals surface area contributed by atoms with Crippen LogP contribution in [0.15, 0.2) is 107 Å². The van der Waals surface area contributed by atoms with Gasteiger partial charge < -0.3 is 31.5 Å². The molecule has 8 N–H and O–H groups in total. The molecule has 4 amide bonds. The van der Waals surface area contributed by atoms with E-state index in [9.17, 15) is 55.3 Å². The molecule has 56 heavy (non-hydrogen) atoms. The second kappa shape index (κ2) is 14.8. The summed E-state index contributed by atoms with van der Waals surface area (Å²) in [6, 6.07) is 22.8. The normalized spacial score (nSPS) is 11.6. The van der Waals surface area contributed by atoms with E-state index in [4.69, 9.17) is 0 Å². The number of hydrogen-bond donors (Lipinski definition) is 8. The highest BCUT2D eigenvalue weighted by Gasteiger charge is 2.25. The average Bonchev–Trinajstić information content (AvgIpc) is 3.14. The van der Waals surface area contributed by atoms with E-state index in [1.807, 2.05) is 0 Å². The minimum Gasteiger partial charge on any atom is -0.504 e. The first kappa shape index (κ1) is 38.9. The van der Waals surface area contributed by atoms with Crippen LogP contribution in [0.2, 0.25) is 0 Å². The van der Waals surface area contributed by atoms with Crippen molar-refractivity contribution in [2.75, 3.05) is 21.3 Å². The van der Waals surface area contributed by atoms with Crippen molar-refractivity contribution in [1.82, 2.24) is 0 Å². The fraction of sp³-hybridized carbons (Fsp3) is 0.0526. The molecule has 0 aliphatic heterocycles. The van der Waals surface area contributed by atoms with E-state index >= 15 is 0 Å². The standard InChI is InChI=1S/C38H30N4O12S2/c1-19-15-23(35(45)41-31-25-9-5-3-7-21(25)17-29(33(31)43)55(49,50)51)11-13-27(19)39-37(47)38(48)40-28-14-12-24(16-20(28)2)36(46)42-32-26-10-6-4-8-22(26)18-30(34(32)44)56(52,53)54/h3-18,43-44H,1-2H3,(H,39,47)(H,40,48)(H,41,45)(H,42,46)(H,49,50,51)(H,52,53,54). The van der Waals surface area contributed by atoms with E-state index in [1.54, 1.807) is 38.1 Å². The molecule has 0 aromatic heterocycles. The number of phenolic OH excluding ortho intramolecular Hbond substituents is 2. The lowest BCUT2D eigenvalue weighted by Gasteiger charge is -2.15. The number of rotatable bonds is 8. The summed E-state index contributed by atoms with van der Waals surface area (Å²) in [5, 5.41) is 32.4. The van der Waals surface area contributed by atoms with E-state index in [1.165, 1.54) is 60.7 Å². The minimum absolute atomic E-state index is 0.0416. The van der Waals surface area contributed by atoms with Gasteiger partial charge in [-0.3, -0.25) is 28.3 Å². The van der Waals surface area contributed by atoms with Gasteiger partial charge in [-0.1, -0.05) is 48.5 Å². The SMILES string of the molecule is Cc1cc(C(=O)Nc2c(O)c(S(=O)(=O)O)cc3ccccc23)ccc1NC(=O)C(=O)Nc1ccc(C(=O)Nc2c(O)c(S(=O)(=O)O)cc3ccccc23)cc1C. The molecular formula is C38H30N4O12S2. The number of benzene rings is 6. The molecule has 6 aromatic rings. The molecule has 0 spiro atoms. The number of aryl methyl sites for hydroxylation is 2. The van der Waals surface area contributed by atoms with Crippen LogP contribution in [0, 0.1) is 13.8 Å². The molecule has 0 aliphatic carbocycles. The van der Waals surface area contributed by atoms with E-state index in [2.05, 4.69) is 21.3 Å². The summed E-state index contributed by atoms with van der Waals surface area (Å²) >= 11 is 0. The Morgan fingerprint density at radius 3 is 1.20 bits per heavy atom. The maximum absolute atomic E-state index is 13.2. The predicted octanol–water partition coefficient (Wildman–Crippen LogP) is 5.60. The average molecular weight is 799 g/mol. The highest BCUT2D eigenvalue weighted by atomic mass is 32.2. The topological polar surface area (TPSA) is 266 Å². The summed E-state index contributed by atoms with van der Waals surface area (Å²) in [7, 11) is -9.70. The van der Waals surface area contributed by atoms with E-state index in [0.29, 0.717) is 32.7 Å². The lowest BCUT2D eigenvalue weighted by Crippen LogP contribution is -2.29. The van der Waals surface area contributed by atoms with Crippen LogP contribution in [0.4, 0.5) is 22.7 Å². The summed E-state index contributed by atoms with van der Waals surface area (Å²) in [6.07, 6.45) is 0.